The number of morpholine rings is 1. The summed E-state index contributed by atoms with van der Waals surface area (Å²) < 4.78 is 7.76. The third-order valence-corrected chi connectivity index (χ3v) is 4.07. The van der Waals surface area contributed by atoms with Crippen molar-refractivity contribution in [3.05, 3.63) is 20.8 Å². The number of hydrogen-bond donors (Lipinski definition) is 3. The summed E-state index contributed by atoms with van der Waals surface area (Å²) in [5.74, 6) is 0.515. The molecule has 0 atom stereocenters. The minimum atomic E-state index is -0.381. The summed E-state index contributed by atoms with van der Waals surface area (Å²) >= 11 is 0. The Morgan fingerprint density at radius 2 is 2.00 bits per heavy atom. The number of nitrogens with one attached hydrogen (secondary N) is 3. The van der Waals surface area contributed by atoms with E-state index < -0.39 is 0 Å². The van der Waals surface area contributed by atoms with Gasteiger partial charge in [-0.05, 0) is 0 Å². The lowest BCUT2D eigenvalue weighted by molar-refractivity contribution is -0.906. The first-order valence-corrected chi connectivity index (χ1v) is 7.39. The molecular formula is C13H21N6O3+. The van der Waals surface area contributed by atoms with Gasteiger partial charge in [-0.25, -0.2) is 4.79 Å². The lowest BCUT2D eigenvalue weighted by Gasteiger charge is -2.23. The first-order valence-electron chi connectivity index (χ1n) is 7.39. The van der Waals surface area contributed by atoms with Gasteiger partial charge < -0.3 is 19.9 Å². The number of fused-ring (bicyclic) bond motifs is 1. The second-order valence-electron chi connectivity index (χ2n) is 5.53. The van der Waals surface area contributed by atoms with Gasteiger partial charge in [0.05, 0.1) is 26.3 Å². The Hall–Kier alpha value is -2.13. The molecule has 0 saturated carbocycles. The van der Waals surface area contributed by atoms with Crippen LogP contribution in [0.15, 0.2) is 9.59 Å². The number of aryl methyl sites for hydroxylation is 1. The van der Waals surface area contributed by atoms with E-state index in [9.17, 15) is 9.59 Å². The van der Waals surface area contributed by atoms with E-state index in [1.165, 1.54) is 16.5 Å². The fourth-order valence-electron chi connectivity index (χ4n) is 2.68. The van der Waals surface area contributed by atoms with E-state index in [-0.39, 0.29) is 11.2 Å². The average molecular weight is 309 g/mol. The van der Waals surface area contributed by atoms with Crippen LogP contribution in [0.5, 0.6) is 0 Å². The van der Waals surface area contributed by atoms with Crippen LogP contribution in [0.3, 0.4) is 0 Å². The number of rotatable bonds is 4. The predicted molar refractivity (Wildman–Crippen MR) is 81.4 cm³/mol. The summed E-state index contributed by atoms with van der Waals surface area (Å²) in [5.41, 5.74) is -0.0362. The molecule has 1 saturated heterocycles. The summed E-state index contributed by atoms with van der Waals surface area (Å²) in [6, 6.07) is 0. The van der Waals surface area contributed by atoms with Crippen molar-refractivity contribution in [3.63, 3.8) is 0 Å². The molecule has 0 spiro atoms. The molecule has 1 aliphatic rings. The predicted octanol–water partition coefficient (Wildman–Crippen LogP) is -2.71. The fourth-order valence-corrected chi connectivity index (χ4v) is 2.68. The molecule has 1 aliphatic heterocycles. The zero-order valence-corrected chi connectivity index (χ0v) is 12.8. The summed E-state index contributed by atoms with van der Waals surface area (Å²) in [6.07, 6.45) is 0. The molecule has 3 rings (SSSR count). The molecule has 3 N–H and O–H groups in total. The van der Waals surface area contributed by atoms with Crippen molar-refractivity contribution in [1.29, 1.82) is 0 Å². The zero-order valence-electron chi connectivity index (χ0n) is 12.8. The van der Waals surface area contributed by atoms with Crippen LogP contribution in [-0.4, -0.2) is 58.5 Å². The third-order valence-electron chi connectivity index (χ3n) is 4.07. The maximum absolute atomic E-state index is 12.1. The maximum atomic E-state index is 12.1. The Labute approximate surface area is 126 Å². The number of nitrogens with zero attached hydrogens (tertiary/aromatic N) is 3. The van der Waals surface area contributed by atoms with Gasteiger partial charge in [-0.15, -0.1) is 0 Å². The van der Waals surface area contributed by atoms with Crippen LogP contribution in [0, 0.1) is 0 Å². The largest absolute Gasteiger partial charge is 0.370 e. The highest BCUT2D eigenvalue weighted by Crippen LogP contribution is 2.07. The summed E-state index contributed by atoms with van der Waals surface area (Å²) in [7, 11) is 3.06. The normalized spacial score (nSPS) is 16.3. The third kappa shape index (κ3) is 2.64. The molecule has 0 radical (unpaired) electrons. The molecule has 9 nitrogen and oxygen atoms in total. The summed E-state index contributed by atoms with van der Waals surface area (Å²) in [4.78, 5) is 32.7. The molecular weight excluding hydrogens is 288 g/mol. The topological polar surface area (TPSA) is 98.4 Å². The molecule has 0 amide bonds. The Morgan fingerprint density at radius 3 is 2.73 bits per heavy atom. The molecule has 3 heterocycles. The Bertz CT molecular complexity index is 783. The number of ether oxygens (including phenoxy) is 1. The van der Waals surface area contributed by atoms with E-state index in [1.54, 1.807) is 7.05 Å². The molecule has 2 aromatic rings. The highest BCUT2D eigenvalue weighted by molar-refractivity contribution is 5.72. The molecule has 22 heavy (non-hydrogen) atoms. The van der Waals surface area contributed by atoms with Gasteiger partial charge in [0.25, 0.3) is 5.56 Å². The second-order valence-corrected chi connectivity index (χ2v) is 5.53. The molecule has 0 bridgehead atoms. The molecule has 0 unspecified atom stereocenters. The Morgan fingerprint density at radius 1 is 1.27 bits per heavy atom. The van der Waals surface area contributed by atoms with Gasteiger partial charge in [0.1, 0.15) is 13.1 Å². The maximum Gasteiger partial charge on any atom is 0.332 e. The Kier molecular flexibility index (Phi) is 3.99. The average Bonchev–Trinajstić information content (AvgIpc) is 2.96. The number of aromatic nitrogens is 4. The van der Waals surface area contributed by atoms with Gasteiger partial charge in [0.15, 0.2) is 11.2 Å². The van der Waals surface area contributed by atoms with Crippen molar-refractivity contribution < 1.29 is 9.64 Å². The van der Waals surface area contributed by atoms with Gasteiger partial charge in [0, 0.05) is 14.1 Å². The molecule has 120 valence electrons. The number of imidazole rings is 1. The smallest absolute Gasteiger partial charge is 0.332 e. The van der Waals surface area contributed by atoms with Crippen LogP contribution in [0.2, 0.25) is 0 Å². The van der Waals surface area contributed by atoms with Crippen molar-refractivity contribution in [2.45, 2.75) is 0 Å². The van der Waals surface area contributed by atoms with E-state index in [1.807, 2.05) is 0 Å². The lowest BCUT2D eigenvalue weighted by atomic mass is 10.4. The highest BCUT2D eigenvalue weighted by atomic mass is 16.5. The Balaban J connectivity index is 1.75. The van der Waals surface area contributed by atoms with Crippen molar-refractivity contribution in [3.8, 4) is 0 Å². The first kappa shape index (κ1) is 14.8. The van der Waals surface area contributed by atoms with Gasteiger partial charge >= 0.3 is 5.69 Å². The van der Waals surface area contributed by atoms with E-state index in [2.05, 4.69) is 15.3 Å². The number of hydrogen-bond acceptors (Lipinski definition) is 5. The van der Waals surface area contributed by atoms with Gasteiger partial charge in [-0.1, -0.05) is 0 Å². The van der Waals surface area contributed by atoms with Crippen molar-refractivity contribution in [1.82, 2.24) is 19.1 Å². The van der Waals surface area contributed by atoms with Crippen LogP contribution in [-0.2, 0) is 18.8 Å². The van der Waals surface area contributed by atoms with E-state index in [0.29, 0.717) is 17.1 Å². The van der Waals surface area contributed by atoms with Crippen LogP contribution < -0.4 is 21.5 Å². The van der Waals surface area contributed by atoms with Gasteiger partial charge in [0.2, 0.25) is 5.95 Å². The number of H-pyrrole nitrogens is 1. The zero-order chi connectivity index (χ0) is 15.7. The molecule has 9 heteroatoms. The fraction of sp³-hybridized carbons (Fsp3) is 0.615. The quantitative estimate of drug-likeness (QED) is 0.570. The van der Waals surface area contributed by atoms with E-state index >= 15 is 0 Å². The second kappa shape index (κ2) is 5.93. The minimum absolute atomic E-state index is 0.339. The van der Waals surface area contributed by atoms with Crippen molar-refractivity contribution >= 4 is 17.1 Å². The number of quaternary nitrogens is 1. The molecule has 2 aromatic heterocycles. The molecule has 0 aromatic carbocycles. The van der Waals surface area contributed by atoms with Crippen LogP contribution in [0.25, 0.3) is 11.2 Å². The summed E-state index contributed by atoms with van der Waals surface area (Å²) in [6.45, 7) is 5.32. The summed E-state index contributed by atoms with van der Waals surface area (Å²) in [5, 5.41) is 3.18. The standard InChI is InChI=1S/C13H20N6O3/c1-17-10-9(11(20)18(2)13(17)21)15-12(16-10)14-3-4-19-5-7-22-8-6-19/h3-8H2,1-2H3,(H2,14,15,16)/p+1. The molecule has 0 aliphatic carbocycles. The van der Waals surface area contributed by atoms with Crippen LogP contribution in [0.1, 0.15) is 0 Å². The molecule has 1 fully saturated rings. The van der Waals surface area contributed by atoms with Crippen LogP contribution >= 0.6 is 0 Å². The highest BCUT2D eigenvalue weighted by Gasteiger charge is 2.15. The van der Waals surface area contributed by atoms with E-state index in [0.717, 1.165) is 44.0 Å². The minimum Gasteiger partial charge on any atom is -0.370 e. The SMILES string of the molecule is Cn1c(=O)c2[nH]c(NCC[NH+]3CCOCC3)nc2n(C)c1=O. The van der Waals surface area contributed by atoms with Crippen LogP contribution in [0.4, 0.5) is 5.95 Å². The lowest BCUT2D eigenvalue weighted by Crippen LogP contribution is -3.14. The van der Waals surface area contributed by atoms with E-state index in [4.69, 9.17) is 4.74 Å². The van der Waals surface area contributed by atoms with Gasteiger partial charge in [-0.2, -0.15) is 4.98 Å². The van der Waals surface area contributed by atoms with Crippen molar-refractivity contribution in [2.24, 2.45) is 14.1 Å². The number of aromatic amines is 1. The van der Waals surface area contributed by atoms with Gasteiger partial charge in [-0.3, -0.25) is 13.9 Å². The monoisotopic (exact) mass is 309 g/mol. The van der Waals surface area contributed by atoms with Crippen molar-refractivity contribution in [2.75, 3.05) is 44.7 Å². The number of anilines is 1. The first-order chi connectivity index (χ1) is 10.6.